The lowest BCUT2D eigenvalue weighted by atomic mass is 10.0. The van der Waals surface area contributed by atoms with Crippen LogP contribution in [0.5, 0.6) is 0 Å². The molecule has 0 aliphatic heterocycles. The summed E-state index contributed by atoms with van der Waals surface area (Å²) in [5.74, 6) is -2.25. The summed E-state index contributed by atoms with van der Waals surface area (Å²) in [4.78, 5) is 27.9. The SMILES string of the molecule is CCn1ncc(-c2cc(C(F)(F)F)nc3sc(C(N)=O)c(NC(=O)c4cc(C(F)(F)F)[nH]n4)c23)c1C. The number of halogens is 6. The van der Waals surface area contributed by atoms with E-state index < -0.39 is 41.2 Å². The third kappa shape index (κ3) is 4.38. The lowest BCUT2D eigenvalue weighted by Gasteiger charge is -2.12. The largest absolute Gasteiger partial charge is 0.433 e. The minimum Gasteiger partial charge on any atom is -0.365 e. The Labute approximate surface area is 201 Å². The van der Waals surface area contributed by atoms with E-state index in [1.807, 2.05) is 0 Å². The van der Waals surface area contributed by atoms with E-state index in [1.54, 1.807) is 18.9 Å². The fourth-order valence-corrected chi connectivity index (χ4v) is 4.55. The second-order valence-electron chi connectivity index (χ2n) is 7.48. The van der Waals surface area contributed by atoms with Crippen molar-refractivity contribution in [3.05, 3.63) is 46.0 Å². The molecule has 0 aliphatic carbocycles. The summed E-state index contributed by atoms with van der Waals surface area (Å²) < 4.78 is 81.1. The van der Waals surface area contributed by atoms with E-state index in [4.69, 9.17) is 5.73 Å². The van der Waals surface area contributed by atoms with Crippen LogP contribution in [0.2, 0.25) is 0 Å². The fourth-order valence-electron chi connectivity index (χ4n) is 3.54. The predicted molar refractivity (Wildman–Crippen MR) is 116 cm³/mol. The smallest absolute Gasteiger partial charge is 0.365 e. The number of primary amides is 1. The second-order valence-corrected chi connectivity index (χ2v) is 8.48. The van der Waals surface area contributed by atoms with E-state index >= 15 is 0 Å². The molecule has 0 radical (unpaired) electrons. The number of fused-ring (bicyclic) bond motifs is 1. The van der Waals surface area contributed by atoms with Crippen molar-refractivity contribution in [2.75, 3.05) is 5.32 Å². The number of H-pyrrole nitrogens is 1. The molecule has 0 aromatic carbocycles. The molecule has 4 N–H and O–H groups in total. The van der Waals surface area contributed by atoms with Crippen molar-refractivity contribution in [1.82, 2.24) is 25.0 Å². The highest BCUT2D eigenvalue weighted by molar-refractivity contribution is 7.21. The standard InChI is InChI=1S/C20H15F6N7O2S/c1-3-33-7(2)9(6-28-33)8-4-11(19(21,22)23)29-18-13(8)14(15(36-18)16(27)34)30-17(35)10-5-12(32-31-10)20(24,25)26/h4-6H,3H2,1-2H3,(H2,27,34)(H,30,35)(H,31,32). The van der Waals surface area contributed by atoms with Crippen molar-refractivity contribution >= 4 is 39.1 Å². The number of carbonyl (C=O) groups excluding carboxylic acids is 2. The summed E-state index contributed by atoms with van der Waals surface area (Å²) in [6.07, 6.45) is -8.33. The highest BCUT2D eigenvalue weighted by Gasteiger charge is 2.36. The molecule has 190 valence electrons. The van der Waals surface area contributed by atoms with Crippen LogP contribution in [0, 0.1) is 6.92 Å². The maximum atomic E-state index is 13.6. The number of anilines is 1. The van der Waals surface area contributed by atoms with E-state index in [1.165, 1.54) is 10.9 Å². The molecule has 2 amide bonds. The number of amides is 2. The highest BCUT2D eigenvalue weighted by Crippen LogP contribution is 2.44. The summed E-state index contributed by atoms with van der Waals surface area (Å²) >= 11 is 0.500. The Morgan fingerprint density at radius 1 is 1.14 bits per heavy atom. The number of pyridine rings is 1. The second kappa shape index (κ2) is 8.61. The molecule has 4 aromatic rings. The first-order valence-electron chi connectivity index (χ1n) is 10.0. The Morgan fingerprint density at radius 3 is 2.36 bits per heavy atom. The van der Waals surface area contributed by atoms with E-state index in [0.717, 1.165) is 6.07 Å². The van der Waals surface area contributed by atoms with Crippen molar-refractivity contribution in [1.29, 1.82) is 0 Å². The Morgan fingerprint density at radius 2 is 1.83 bits per heavy atom. The summed E-state index contributed by atoms with van der Waals surface area (Å²) in [6, 6.07) is 1.19. The number of thiophene rings is 1. The van der Waals surface area contributed by atoms with Crippen molar-refractivity contribution in [2.24, 2.45) is 5.73 Å². The quantitative estimate of drug-likeness (QED) is 0.324. The molecule has 4 heterocycles. The van der Waals surface area contributed by atoms with Gasteiger partial charge in [-0.25, -0.2) is 4.98 Å². The zero-order valence-corrected chi connectivity index (χ0v) is 19.1. The number of nitrogens with zero attached hydrogens (tertiary/aromatic N) is 4. The number of hydrogen-bond acceptors (Lipinski definition) is 6. The number of rotatable bonds is 5. The number of hydrogen-bond donors (Lipinski definition) is 3. The molecule has 4 rings (SSSR count). The average Bonchev–Trinajstić information content (AvgIpc) is 3.49. The van der Waals surface area contributed by atoms with Gasteiger partial charge in [0.1, 0.15) is 21.1 Å². The Hall–Kier alpha value is -3.95. The fraction of sp³-hybridized carbons (Fsp3) is 0.250. The van der Waals surface area contributed by atoms with Crippen LogP contribution in [0.3, 0.4) is 0 Å². The molecule has 0 spiro atoms. The lowest BCUT2D eigenvalue weighted by molar-refractivity contribution is -0.141. The number of aryl methyl sites for hydroxylation is 1. The molecule has 0 atom stereocenters. The van der Waals surface area contributed by atoms with Gasteiger partial charge in [0, 0.05) is 29.3 Å². The van der Waals surface area contributed by atoms with E-state index in [0.29, 0.717) is 29.6 Å². The Kier molecular flexibility index (Phi) is 6.02. The molecule has 0 fully saturated rings. The van der Waals surface area contributed by atoms with Crippen molar-refractivity contribution < 1.29 is 35.9 Å². The van der Waals surface area contributed by atoms with Gasteiger partial charge in [0.25, 0.3) is 11.8 Å². The normalized spacial score (nSPS) is 12.3. The van der Waals surface area contributed by atoms with Crippen LogP contribution >= 0.6 is 11.3 Å². The third-order valence-corrected chi connectivity index (χ3v) is 6.32. The molecule has 0 unspecified atom stereocenters. The average molecular weight is 531 g/mol. The van der Waals surface area contributed by atoms with Gasteiger partial charge < -0.3 is 11.1 Å². The zero-order chi connectivity index (χ0) is 26.6. The molecule has 16 heteroatoms. The Bertz CT molecular complexity index is 1500. The van der Waals surface area contributed by atoms with Gasteiger partial charge >= 0.3 is 12.4 Å². The van der Waals surface area contributed by atoms with Gasteiger partial charge in [0.05, 0.1) is 11.9 Å². The molecule has 0 saturated carbocycles. The predicted octanol–water partition coefficient (Wildman–Crippen LogP) is 4.60. The topological polar surface area (TPSA) is 132 Å². The summed E-state index contributed by atoms with van der Waals surface area (Å²) in [5.41, 5.74) is 2.58. The number of aromatic nitrogens is 5. The number of aromatic amines is 1. The minimum absolute atomic E-state index is 0.0541. The van der Waals surface area contributed by atoms with Crippen LogP contribution < -0.4 is 11.1 Å². The molecule has 9 nitrogen and oxygen atoms in total. The maximum absolute atomic E-state index is 13.6. The molecular formula is C20H15F6N7O2S. The monoisotopic (exact) mass is 531 g/mol. The van der Waals surface area contributed by atoms with Gasteiger partial charge in [-0.2, -0.15) is 36.5 Å². The van der Waals surface area contributed by atoms with Crippen molar-refractivity contribution in [2.45, 2.75) is 32.7 Å². The van der Waals surface area contributed by atoms with E-state index in [9.17, 15) is 35.9 Å². The van der Waals surface area contributed by atoms with Gasteiger partial charge in [-0.3, -0.25) is 19.4 Å². The first kappa shape index (κ1) is 25.2. The Balaban J connectivity index is 1.95. The van der Waals surface area contributed by atoms with Gasteiger partial charge in [0.15, 0.2) is 5.69 Å². The van der Waals surface area contributed by atoms with Crippen LogP contribution in [0.1, 0.15) is 44.2 Å². The van der Waals surface area contributed by atoms with Gasteiger partial charge in [0.2, 0.25) is 0 Å². The zero-order valence-electron chi connectivity index (χ0n) is 18.3. The minimum atomic E-state index is -4.85. The van der Waals surface area contributed by atoms with Gasteiger partial charge in [-0.15, -0.1) is 11.3 Å². The van der Waals surface area contributed by atoms with Crippen LogP contribution in [0.25, 0.3) is 21.3 Å². The van der Waals surface area contributed by atoms with Crippen molar-refractivity contribution in [3.8, 4) is 11.1 Å². The molecular weight excluding hydrogens is 516 g/mol. The highest BCUT2D eigenvalue weighted by atomic mass is 32.1. The van der Waals surface area contributed by atoms with Gasteiger partial charge in [-0.1, -0.05) is 0 Å². The molecule has 4 aromatic heterocycles. The van der Waals surface area contributed by atoms with Crippen LogP contribution in [-0.4, -0.2) is 36.8 Å². The molecule has 0 saturated heterocycles. The molecule has 0 aliphatic rings. The van der Waals surface area contributed by atoms with Crippen LogP contribution in [0.4, 0.5) is 32.0 Å². The number of nitrogens with one attached hydrogen (secondary N) is 2. The first-order valence-corrected chi connectivity index (χ1v) is 10.8. The first-order chi connectivity index (χ1) is 16.7. The van der Waals surface area contributed by atoms with E-state index in [-0.39, 0.29) is 31.9 Å². The van der Waals surface area contributed by atoms with Crippen molar-refractivity contribution in [3.63, 3.8) is 0 Å². The van der Waals surface area contributed by atoms with Crippen LogP contribution in [-0.2, 0) is 18.9 Å². The maximum Gasteiger partial charge on any atom is 0.433 e. The van der Waals surface area contributed by atoms with Gasteiger partial charge in [-0.05, 0) is 25.5 Å². The third-order valence-electron chi connectivity index (χ3n) is 5.22. The number of alkyl halides is 6. The molecule has 0 bridgehead atoms. The van der Waals surface area contributed by atoms with E-state index in [2.05, 4.69) is 20.5 Å². The number of carbonyl (C=O) groups is 2. The number of nitrogens with two attached hydrogens (primary N) is 1. The van der Waals surface area contributed by atoms with Crippen LogP contribution in [0.15, 0.2) is 18.3 Å². The lowest BCUT2D eigenvalue weighted by Crippen LogP contribution is -2.17. The summed E-state index contributed by atoms with van der Waals surface area (Å²) in [6.45, 7) is 3.80. The summed E-state index contributed by atoms with van der Waals surface area (Å²) in [5, 5.41) is 11.4. The molecule has 36 heavy (non-hydrogen) atoms. The summed E-state index contributed by atoms with van der Waals surface area (Å²) in [7, 11) is 0.